The molecule has 0 bridgehead atoms. The third-order valence-corrected chi connectivity index (χ3v) is 5.29. The molecule has 2 aromatic rings. The van der Waals surface area contributed by atoms with Crippen molar-refractivity contribution >= 4 is 27.5 Å². The van der Waals surface area contributed by atoms with Crippen LogP contribution in [0, 0.1) is 0 Å². The van der Waals surface area contributed by atoms with E-state index in [4.69, 9.17) is 0 Å². The molecule has 0 spiro atoms. The zero-order chi connectivity index (χ0) is 15.4. The van der Waals surface area contributed by atoms with Crippen molar-refractivity contribution in [1.82, 2.24) is 10.6 Å². The van der Waals surface area contributed by atoms with Gasteiger partial charge < -0.3 is 15.7 Å². The minimum Gasteiger partial charge on any atom is -0.393 e. The molecular formula is C17H22N2O2S. The lowest BCUT2D eigenvalue weighted by Crippen LogP contribution is -2.44. The smallest absolute Gasteiger partial charge is 0.315 e. The number of aliphatic hydroxyl groups is 1. The highest BCUT2D eigenvalue weighted by atomic mass is 32.1. The topological polar surface area (TPSA) is 61.4 Å². The minimum absolute atomic E-state index is 0.0964. The van der Waals surface area contributed by atoms with Crippen LogP contribution in [0.5, 0.6) is 0 Å². The Kier molecular flexibility index (Phi) is 4.95. The van der Waals surface area contributed by atoms with Crippen molar-refractivity contribution < 1.29 is 9.90 Å². The number of thiophene rings is 1. The number of fused-ring (bicyclic) bond motifs is 1. The quantitative estimate of drug-likeness (QED) is 0.811. The van der Waals surface area contributed by atoms with Gasteiger partial charge in [0.1, 0.15) is 0 Å². The fraction of sp³-hybridized carbons (Fsp3) is 0.471. The van der Waals surface area contributed by atoms with Gasteiger partial charge in [0.05, 0.1) is 6.10 Å². The van der Waals surface area contributed by atoms with Gasteiger partial charge in [0.25, 0.3) is 0 Å². The first-order chi connectivity index (χ1) is 10.7. The molecule has 0 atom stereocenters. The Morgan fingerprint density at radius 1 is 1.23 bits per heavy atom. The molecule has 2 amide bonds. The summed E-state index contributed by atoms with van der Waals surface area (Å²) in [6, 6.07) is 8.47. The highest BCUT2D eigenvalue weighted by Gasteiger charge is 2.20. The summed E-state index contributed by atoms with van der Waals surface area (Å²) in [5.74, 6) is 0. The van der Waals surface area contributed by atoms with Crippen LogP contribution in [0.2, 0.25) is 0 Å². The Balaban J connectivity index is 1.44. The molecule has 0 radical (unpaired) electrons. The van der Waals surface area contributed by atoms with Gasteiger partial charge in [-0.15, -0.1) is 11.3 Å². The van der Waals surface area contributed by atoms with Crippen LogP contribution < -0.4 is 10.6 Å². The summed E-state index contributed by atoms with van der Waals surface area (Å²) < 4.78 is 1.29. The molecule has 1 heterocycles. The summed E-state index contributed by atoms with van der Waals surface area (Å²) in [6.07, 6.45) is 3.96. The second kappa shape index (κ2) is 7.11. The van der Waals surface area contributed by atoms with Crippen LogP contribution in [0.4, 0.5) is 4.79 Å². The number of aliphatic hydroxyl groups excluding tert-OH is 1. The monoisotopic (exact) mass is 318 g/mol. The molecule has 118 valence electrons. The number of urea groups is 1. The average molecular weight is 318 g/mol. The van der Waals surface area contributed by atoms with Crippen molar-refractivity contribution in [2.75, 3.05) is 6.54 Å². The molecule has 1 fully saturated rings. The molecule has 3 rings (SSSR count). The van der Waals surface area contributed by atoms with E-state index in [1.165, 1.54) is 15.6 Å². The summed E-state index contributed by atoms with van der Waals surface area (Å²) in [4.78, 5) is 11.9. The van der Waals surface area contributed by atoms with Gasteiger partial charge >= 0.3 is 6.03 Å². The van der Waals surface area contributed by atoms with E-state index in [-0.39, 0.29) is 18.2 Å². The first kappa shape index (κ1) is 15.3. The highest BCUT2D eigenvalue weighted by molar-refractivity contribution is 7.17. The molecule has 4 nitrogen and oxygen atoms in total. The molecule has 1 saturated carbocycles. The maximum absolute atomic E-state index is 11.9. The van der Waals surface area contributed by atoms with Crippen molar-refractivity contribution in [1.29, 1.82) is 0 Å². The lowest BCUT2D eigenvalue weighted by atomic mass is 9.93. The Labute approximate surface area is 134 Å². The molecule has 5 heteroatoms. The Bertz CT molecular complexity index is 632. The SMILES string of the molecule is O=C(NCCc1csc2ccccc12)NC1CCC(O)CC1. The number of benzene rings is 1. The van der Waals surface area contributed by atoms with Crippen molar-refractivity contribution in [2.45, 2.75) is 44.2 Å². The predicted molar refractivity (Wildman–Crippen MR) is 90.3 cm³/mol. The maximum Gasteiger partial charge on any atom is 0.315 e. The van der Waals surface area contributed by atoms with E-state index in [9.17, 15) is 9.90 Å². The molecule has 0 aliphatic heterocycles. The Morgan fingerprint density at radius 2 is 2.00 bits per heavy atom. The van der Waals surface area contributed by atoms with Gasteiger partial charge in [0.2, 0.25) is 0 Å². The summed E-state index contributed by atoms with van der Waals surface area (Å²) in [5, 5.41) is 18.9. The second-order valence-corrected chi connectivity index (χ2v) is 6.82. The molecular weight excluding hydrogens is 296 g/mol. The van der Waals surface area contributed by atoms with Crippen LogP contribution in [0.15, 0.2) is 29.6 Å². The van der Waals surface area contributed by atoms with Gasteiger partial charge in [-0.1, -0.05) is 18.2 Å². The summed E-state index contributed by atoms with van der Waals surface area (Å²) >= 11 is 1.75. The van der Waals surface area contributed by atoms with E-state index in [2.05, 4.69) is 40.3 Å². The largest absolute Gasteiger partial charge is 0.393 e. The van der Waals surface area contributed by atoms with Crippen LogP contribution in [-0.2, 0) is 6.42 Å². The number of rotatable bonds is 4. The number of amides is 2. The number of carbonyl (C=O) groups excluding carboxylic acids is 1. The van der Waals surface area contributed by atoms with Gasteiger partial charge in [-0.25, -0.2) is 4.79 Å². The number of hydrogen-bond donors (Lipinski definition) is 3. The third kappa shape index (κ3) is 3.78. The Hall–Kier alpha value is -1.59. The lowest BCUT2D eigenvalue weighted by molar-refractivity contribution is 0.117. The third-order valence-electron chi connectivity index (χ3n) is 4.27. The maximum atomic E-state index is 11.9. The minimum atomic E-state index is -0.187. The van der Waals surface area contributed by atoms with Crippen molar-refractivity contribution in [3.05, 3.63) is 35.2 Å². The van der Waals surface area contributed by atoms with E-state index in [0.717, 1.165) is 32.1 Å². The predicted octanol–water partition coefficient (Wildman–Crippen LogP) is 3.05. The molecule has 1 aromatic heterocycles. The van der Waals surface area contributed by atoms with E-state index >= 15 is 0 Å². The fourth-order valence-corrected chi connectivity index (χ4v) is 3.99. The van der Waals surface area contributed by atoms with Gasteiger partial charge in [-0.05, 0) is 54.5 Å². The zero-order valence-corrected chi connectivity index (χ0v) is 13.4. The van der Waals surface area contributed by atoms with Gasteiger partial charge in [-0.2, -0.15) is 0 Å². The molecule has 0 saturated heterocycles. The van der Waals surface area contributed by atoms with Crippen molar-refractivity contribution in [3.8, 4) is 0 Å². The van der Waals surface area contributed by atoms with E-state index in [1.807, 2.05) is 0 Å². The summed E-state index contributed by atoms with van der Waals surface area (Å²) in [7, 11) is 0. The first-order valence-electron chi connectivity index (χ1n) is 7.90. The van der Waals surface area contributed by atoms with Gasteiger partial charge in [-0.3, -0.25) is 0 Å². The van der Waals surface area contributed by atoms with E-state index < -0.39 is 0 Å². The van der Waals surface area contributed by atoms with Gasteiger partial charge in [0.15, 0.2) is 0 Å². The Morgan fingerprint density at radius 3 is 2.82 bits per heavy atom. The number of hydrogen-bond acceptors (Lipinski definition) is 3. The van der Waals surface area contributed by atoms with Crippen LogP contribution in [0.25, 0.3) is 10.1 Å². The van der Waals surface area contributed by atoms with Gasteiger partial charge in [0, 0.05) is 17.3 Å². The molecule has 0 unspecified atom stereocenters. The lowest BCUT2D eigenvalue weighted by Gasteiger charge is -2.26. The first-order valence-corrected chi connectivity index (χ1v) is 8.78. The normalized spacial score (nSPS) is 21.7. The highest BCUT2D eigenvalue weighted by Crippen LogP contribution is 2.25. The molecule has 22 heavy (non-hydrogen) atoms. The van der Waals surface area contributed by atoms with Crippen LogP contribution in [-0.4, -0.2) is 29.8 Å². The fourth-order valence-electron chi connectivity index (χ4n) is 2.99. The van der Waals surface area contributed by atoms with E-state index in [0.29, 0.717) is 6.54 Å². The molecule has 1 aromatic carbocycles. The van der Waals surface area contributed by atoms with Crippen LogP contribution in [0.1, 0.15) is 31.2 Å². The zero-order valence-electron chi connectivity index (χ0n) is 12.5. The van der Waals surface area contributed by atoms with Crippen LogP contribution >= 0.6 is 11.3 Å². The number of nitrogens with one attached hydrogen (secondary N) is 2. The summed E-state index contributed by atoms with van der Waals surface area (Å²) in [5.41, 5.74) is 1.29. The summed E-state index contributed by atoms with van der Waals surface area (Å²) in [6.45, 7) is 0.641. The average Bonchev–Trinajstić information content (AvgIpc) is 2.93. The van der Waals surface area contributed by atoms with Crippen LogP contribution in [0.3, 0.4) is 0 Å². The second-order valence-electron chi connectivity index (χ2n) is 5.91. The standard InChI is InChI=1S/C17H22N2O2S/c20-14-7-5-13(6-8-14)19-17(21)18-10-9-12-11-22-16-4-2-1-3-15(12)16/h1-4,11,13-14,20H,5-10H2,(H2,18,19,21). The molecule has 1 aliphatic carbocycles. The molecule has 1 aliphatic rings. The number of carbonyl (C=O) groups is 1. The van der Waals surface area contributed by atoms with Crippen molar-refractivity contribution in [3.63, 3.8) is 0 Å². The van der Waals surface area contributed by atoms with Crippen molar-refractivity contribution in [2.24, 2.45) is 0 Å². The molecule has 3 N–H and O–H groups in total. The van der Waals surface area contributed by atoms with E-state index in [1.54, 1.807) is 11.3 Å².